The van der Waals surface area contributed by atoms with E-state index in [1.54, 1.807) is 21.1 Å². The first-order valence-electron chi connectivity index (χ1n) is 5.37. The lowest BCUT2D eigenvalue weighted by atomic mass is 10.1. The number of methoxy groups -OCH3 is 1. The number of carbonyl (C=O) groups is 1. The van der Waals surface area contributed by atoms with Crippen LogP contribution in [0.4, 0.5) is 0 Å². The molecule has 0 radical (unpaired) electrons. The molecule has 0 spiro atoms. The van der Waals surface area contributed by atoms with E-state index in [4.69, 9.17) is 10.00 Å². The Kier molecular flexibility index (Phi) is 4.53. The van der Waals surface area contributed by atoms with Crippen molar-refractivity contribution in [2.75, 3.05) is 14.2 Å². The third-order valence-electron chi connectivity index (χ3n) is 2.70. The fourth-order valence-corrected chi connectivity index (χ4v) is 1.44. The van der Waals surface area contributed by atoms with E-state index in [1.807, 2.05) is 30.3 Å². The second-order valence-corrected chi connectivity index (χ2v) is 3.80. The van der Waals surface area contributed by atoms with E-state index in [2.05, 4.69) is 0 Å². The number of benzene rings is 1. The van der Waals surface area contributed by atoms with Crippen molar-refractivity contribution in [3.05, 3.63) is 29.8 Å². The third kappa shape index (κ3) is 3.22. The Morgan fingerprint density at radius 3 is 2.76 bits per heavy atom. The fraction of sp³-hybridized carbons (Fsp3) is 0.385. The number of hydrogen-bond donors (Lipinski definition) is 0. The molecule has 0 saturated carbocycles. The van der Waals surface area contributed by atoms with Crippen molar-refractivity contribution in [1.29, 1.82) is 5.26 Å². The molecular weight excluding hydrogens is 216 g/mol. The number of para-hydroxylation sites is 1. The van der Waals surface area contributed by atoms with Gasteiger partial charge in [-0.3, -0.25) is 4.79 Å². The van der Waals surface area contributed by atoms with Crippen LogP contribution < -0.4 is 4.74 Å². The Morgan fingerprint density at radius 1 is 1.53 bits per heavy atom. The third-order valence-corrected chi connectivity index (χ3v) is 2.70. The van der Waals surface area contributed by atoms with Gasteiger partial charge in [0.25, 0.3) is 0 Å². The van der Waals surface area contributed by atoms with Gasteiger partial charge in [-0.05, 0) is 13.0 Å². The molecule has 4 heteroatoms. The Labute approximate surface area is 101 Å². The second kappa shape index (κ2) is 5.90. The number of nitriles is 1. The Hall–Kier alpha value is -2.02. The Morgan fingerprint density at radius 2 is 2.18 bits per heavy atom. The molecule has 1 atom stereocenters. The average molecular weight is 232 g/mol. The molecule has 0 aliphatic carbocycles. The van der Waals surface area contributed by atoms with Crippen LogP contribution in [0.5, 0.6) is 5.75 Å². The summed E-state index contributed by atoms with van der Waals surface area (Å²) in [5, 5.41) is 8.75. The molecule has 0 bridgehead atoms. The van der Waals surface area contributed by atoms with Gasteiger partial charge in [-0.2, -0.15) is 5.26 Å². The number of carbonyl (C=O) groups excluding carboxylic acids is 1. The molecule has 4 nitrogen and oxygen atoms in total. The maximum absolute atomic E-state index is 11.9. The Balaban J connectivity index is 2.78. The minimum absolute atomic E-state index is 0.0939. The zero-order chi connectivity index (χ0) is 12.8. The molecule has 0 aliphatic rings. The van der Waals surface area contributed by atoms with Crippen LogP contribution in [0, 0.1) is 11.3 Å². The lowest BCUT2D eigenvalue weighted by molar-refractivity contribution is -0.130. The summed E-state index contributed by atoms with van der Waals surface area (Å²) in [7, 11) is 3.20. The zero-order valence-corrected chi connectivity index (χ0v) is 10.3. The van der Waals surface area contributed by atoms with Gasteiger partial charge in [-0.1, -0.05) is 18.2 Å². The minimum Gasteiger partial charge on any atom is -0.496 e. The molecule has 0 heterocycles. The predicted octanol–water partition coefficient (Wildman–Crippen LogP) is 1.61. The van der Waals surface area contributed by atoms with Gasteiger partial charge in [0.2, 0.25) is 5.91 Å². The van der Waals surface area contributed by atoms with Gasteiger partial charge in [0.15, 0.2) is 0 Å². The van der Waals surface area contributed by atoms with Gasteiger partial charge in [0.1, 0.15) is 11.8 Å². The van der Waals surface area contributed by atoms with E-state index in [-0.39, 0.29) is 12.3 Å². The highest BCUT2D eigenvalue weighted by molar-refractivity contribution is 5.79. The smallest absolute Gasteiger partial charge is 0.227 e. The van der Waals surface area contributed by atoms with Crippen molar-refractivity contribution in [2.24, 2.45) is 0 Å². The molecule has 1 aromatic carbocycles. The summed E-state index contributed by atoms with van der Waals surface area (Å²) in [5.74, 6) is 0.599. The second-order valence-electron chi connectivity index (χ2n) is 3.80. The fourth-order valence-electron chi connectivity index (χ4n) is 1.44. The molecule has 0 fully saturated rings. The maximum atomic E-state index is 11.9. The monoisotopic (exact) mass is 232 g/mol. The summed E-state index contributed by atoms with van der Waals surface area (Å²) in [4.78, 5) is 13.3. The van der Waals surface area contributed by atoms with Gasteiger partial charge in [-0.25, -0.2) is 0 Å². The van der Waals surface area contributed by atoms with Crippen LogP contribution >= 0.6 is 0 Å². The lowest BCUT2D eigenvalue weighted by Crippen LogP contribution is -2.35. The zero-order valence-electron chi connectivity index (χ0n) is 10.3. The van der Waals surface area contributed by atoms with Gasteiger partial charge in [0, 0.05) is 12.6 Å². The van der Waals surface area contributed by atoms with Crippen LogP contribution in [-0.2, 0) is 11.2 Å². The highest BCUT2D eigenvalue weighted by atomic mass is 16.5. The SMILES string of the molecule is COc1ccccc1CC(=O)N(C)C(C)C#N. The minimum atomic E-state index is -0.419. The molecule has 0 aromatic heterocycles. The normalized spacial score (nSPS) is 11.4. The molecule has 1 unspecified atom stereocenters. The highest BCUT2D eigenvalue weighted by Gasteiger charge is 2.16. The summed E-state index contributed by atoms with van der Waals surface area (Å²) >= 11 is 0. The first kappa shape index (κ1) is 13.0. The Bertz CT molecular complexity index is 437. The number of likely N-dealkylation sites (N-methyl/N-ethyl adjacent to an activating group) is 1. The van der Waals surface area contributed by atoms with Gasteiger partial charge >= 0.3 is 0 Å². The van der Waals surface area contributed by atoms with E-state index in [0.717, 1.165) is 5.56 Å². The summed E-state index contributed by atoms with van der Waals surface area (Å²) in [6, 6.07) is 8.99. The van der Waals surface area contributed by atoms with Crippen molar-refractivity contribution < 1.29 is 9.53 Å². The van der Waals surface area contributed by atoms with Crippen molar-refractivity contribution >= 4 is 5.91 Å². The lowest BCUT2D eigenvalue weighted by Gasteiger charge is -2.19. The van der Waals surface area contributed by atoms with Crippen LogP contribution in [0.1, 0.15) is 12.5 Å². The van der Waals surface area contributed by atoms with Gasteiger partial charge < -0.3 is 9.64 Å². The predicted molar refractivity (Wildman–Crippen MR) is 64.5 cm³/mol. The van der Waals surface area contributed by atoms with Crippen LogP contribution in [0.2, 0.25) is 0 Å². The summed E-state index contributed by atoms with van der Waals surface area (Å²) in [6.07, 6.45) is 0.243. The number of nitrogens with zero attached hydrogens (tertiary/aromatic N) is 2. The summed E-state index contributed by atoms with van der Waals surface area (Å²) in [5.41, 5.74) is 0.831. The van der Waals surface area contributed by atoms with Crippen LogP contribution in [-0.4, -0.2) is 31.0 Å². The maximum Gasteiger partial charge on any atom is 0.227 e. The topological polar surface area (TPSA) is 53.3 Å². The van der Waals surface area contributed by atoms with E-state index < -0.39 is 6.04 Å². The van der Waals surface area contributed by atoms with Gasteiger partial charge in [-0.15, -0.1) is 0 Å². The van der Waals surface area contributed by atoms with Crippen molar-refractivity contribution in [2.45, 2.75) is 19.4 Å². The molecular formula is C13H16N2O2. The van der Waals surface area contributed by atoms with E-state index in [0.29, 0.717) is 5.75 Å². The number of hydrogen-bond acceptors (Lipinski definition) is 3. The number of rotatable bonds is 4. The van der Waals surface area contributed by atoms with Crippen LogP contribution in [0.3, 0.4) is 0 Å². The average Bonchev–Trinajstić information content (AvgIpc) is 2.37. The summed E-state index contributed by atoms with van der Waals surface area (Å²) < 4.78 is 5.18. The highest BCUT2D eigenvalue weighted by Crippen LogP contribution is 2.18. The van der Waals surface area contributed by atoms with Crippen molar-refractivity contribution in [3.8, 4) is 11.8 Å². The van der Waals surface area contributed by atoms with Gasteiger partial charge in [0.05, 0.1) is 19.6 Å². The quantitative estimate of drug-likeness (QED) is 0.792. The first-order chi connectivity index (χ1) is 8.10. The number of ether oxygens (including phenoxy) is 1. The van der Waals surface area contributed by atoms with Crippen LogP contribution in [0.25, 0.3) is 0 Å². The van der Waals surface area contributed by atoms with E-state index >= 15 is 0 Å². The molecule has 1 aromatic rings. The van der Waals surface area contributed by atoms with E-state index in [1.165, 1.54) is 4.90 Å². The van der Waals surface area contributed by atoms with E-state index in [9.17, 15) is 4.79 Å². The number of amides is 1. The molecule has 1 rings (SSSR count). The molecule has 1 amide bonds. The molecule has 0 saturated heterocycles. The largest absolute Gasteiger partial charge is 0.496 e. The first-order valence-corrected chi connectivity index (χ1v) is 5.37. The van der Waals surface area contributed by atoms with Crippen LogP contribution in [0.15, 0.2) is 24.3 Å². The molecule has 17 heavy (non-hydrogen) atoms. The molecule has 90 valence electrons. The van der Waals surface area contributed by atoms with Crippen molar-refractivity contribution in [3.63, 3.8) is 0 Å². The molecule has 0 aliphatic heterocycles. The standard InChI is InChI=1S/C13H16N2O2/c1-10(9-14)15(2)13(16)8-11-6-4-5-7-12(11)17-3/h4-7,10H,8H2,1-3H3. The van der Waals surface area contributed by atoms with Crippen molar-refractivity contribution in [1.82, 2.24) is 4.90 Å². The summed E-state index contributed by atoms with van der Waals surface area (Å²) in [6.45, 7) is 1.69. The molecule has 0 N–H and O–H groups in total.